The Morgan fingerprint density at radius 3 is 2.50 bits per heavy atom. The van der Waals surface area contributed by atoms with Crippen molar-refractivity contribution < 1.29 is 14.6 Å². The Labute approximate surface area is 130 Å². The van der Waals surface area contributed by atoms with Crippen LogP contribution in [0, 0.1) is 0 Å². The molecule has 0 unspecified atom stereocenters. The molecule has 0 amide bonds. The van der Waals surface area contributed by atoms with Crippen LogP contribution in [0.25, 0.3) is 0 Å². The molecule has 2 aromatic rings. The van der Waals surface area contributed by atoms with Crippen LogP contribution in [-0.2, 0) is 17.8 Å². The van der Waals surface area contributed by atoms with Crippen LogP contribution in [0.2, 0.25) is 0 Å². The van der Waals surface area contributed by atoms with Crippen LogP contribution in [0.15, 0.2) is 54.6 Å². The lowest BCUT2D eigenvalue weighted by Crippen LogP contribution is -2.33. The van der Waals surface area contributed by atoms with E-state index in [1.54, 1.807) is 7.11 Å². The van der Waals surface area contributed by atoms with Crippen molar-refractivity contribution >= 4 is 5.97 Å². The van der Waals surface area contributed by atoms with E-state index >= 15 is 0 Å². The highest BCUT2D eigenvalue weighted by Crippen LogP contribution is 2.20. The van der Waals surface area contributed by atoms with Gasteiger partial charge in [0.15, 0.2) is 0 Å². The molecule has 0 aliphatic carbocycles. The number of rotatable bonds is 8. The number of para-hydroxylation sites is 1. The Morgan fingerprint density at radius 1 is 1.14 bits per heavy atom. The van der Waals surface area contributed by atoms with E-state index in [0.717, 1.165) is 16.9 Å². The Bertz CT molecular complexity index is 598. The maximum atomic E-state index is 11.1. The predicted molar refractivity (Wildman–Crippen MR) is 86.0 cm³/mol. The molecule has 2 N–H and O–H groups in total. The smallest absolute Gasteiger partial charge is 0.304 e. The van der Waals surface area contributed by atoms with Crippen LogP contribution in [0.5, 0.6) is 5.75 Å². The van der Waals surface area contributed by atoms with Gasteiger partial charge < -0.3 is 15.2 Å². The minimum absolute atomic E-state index is 0.0743. The van der Waals surface area contributed by atoms with Gasteiger partial charge in [-0.25, -0.2) is 0 Å². The molecular formula is C18H21NO3. The van der Waals surface area contributed by atoms with Crippen molar-refractivity contribution in [2.45, 2.75) is 25.4 Å². The maximum Gasteiger partial charge on any atom is 0.304 e. The topological polar surface area (TPSA) is 58.6 Å². The van der Waals surface area contributed by atoms with E-state index in [4.69, 9.17) is 9.84 Å². The number of benzene rings is 2. The molecule has 4 nitrogen and oxygen atoms in total. The van der Waals surface area contributed by atoms with Gasteiger partial charge >= 0.3 is 5.97 Å². The standard InChI is InChI=1S/C18H21NO3/c1-22-17-10-6-5-9-15(17)11-16(12-18(20)21)19-13-14-7-3-2-4-8-14/h2-10,16,19H,11-13H2,1H3,(H,20,21)/t16-/m0/s1. The molecule has 0 saturated heterocycles. The molecule has 2 rings (SSSR count). The highest BCUT2D eigenvalue weighted by Gasteiger charge is 2.15. The van der Waals surface area contributed by atoms with Crippen LogP contribution in [0.4, 0.5) is 0 Å². The normalized spacial score (nSPS) is 11.9. The maximum absolute atomic E-state index is 11.1. The van der Waals surface area contributed by atoms with E-state index in [1.807, 2.05) is 54.6 Å². The molecule has 4 heteroatoms. The fourth-order valence-corrected chi connectivity index (χ4v) is 2.42. The minimum atomic E-state index is -0.805. The molecule has 116 valence electrons. The lowest BCUT2D eigenvalue weighted by molar-refractivity contribution is -0.137. The van der Waals surface area contributed by atoms with Gasteiger partial charge in [-0.05, 0) is 23.6 Å². The third-order valence-electron chi connectivity index (χ3n) is 3.52. The molecular weight excluding hydrogens is 278 g/mol. The van der Waals surface area contributed by atoms with Gasteiger partial charge in [0, 0.05) is 12.6 Å². The summed E-state index contributed by atoms with van der Waals surface area (Å²) in [5, 5.41) is 12.4. The highest BCUT2D eigenvalue weighted by molar-refractivity contribution is 5.67. The zero-order valence-corrected chi connectivity index (χ0v) is 12.7. The molecule has 0 radical (unpaired) electrons. The number of carboxylic acid groups (broad SMARTS) is 1. The second-order valence-electron chi connectivity index (χ2n) is 5.18. The largest absolute Gasteiger partial charge is 0.496 e. The molecule has 1 atom stereocenters. The lowest BCUT2D eigenvalue weighted by Gasteiger charge is -2.18. The van der Waals surface area contributed by atoms with Crippen molar-refractivity contribution in [3.05, 3.63) is 65.7 Å². The fraction of sp³-hybridized carbons (Fsp3) is 0.278. The molecule has 0 spiro atoms. The summed E-state index contributed by atoms with van der Waals surface area (Å²) in [5.74, 6) is -0.0140. The molecule has 0 saturated carbocycles. The number of carboxylic acids is 1. The number of ether oxygens (including phenoxy) is 1. The van der Waals surface area contributed by atoms with E-state index < -0.39 is 5.97 Å². The van der Waals surface area contributed by atoms with E-state index in [0.29, 0.717) is 13.0 Å². The number of hydrogen-bond donors (Lipinski definition) is 2. The molecule has 2 aromatic carbocycles. The molecule has 0 heterocycles. The Balaban J connectivity index is 2.04. The first-order valence-corrected chi connectivity index (χ1v) is 7.30. The van der Waals surface area contributed by atoms with Crippen molar-refractivity contribution in [3.8, 4) is 5.75 Å². The average Bonchev–Trinajstić information content (AvgIpc) is 2.53. The van der Waals surface area contributed by atoms with Crippen LogP contribution in [0.1, 0.15) is 17.5 Å². The van der Waals surface area contributed by atoms with E-state index in [-0.39, 0.29) is 12.5 Å². The summed E-state index contributed by atoms with van der Waals surface area (Å²) in [7, 11) is 1.63. The summed E-state index contributed by atoms with van der Waals surface area (Å²) >= 11 is 0. The fourth-order valence-electron chi connectivity index (χ4n) is 2.42. The predicted octanol–water partition coefficient (Wildman–Crippen LogP) is 2.87. The van der Waals surface area contributed by atoms with Gasteiger partial charge in [-0.3, -0.25) is 4.79 Å². The van der Waals surface area contributed by atoms with Gasteiger partial charge in [0.1, 0.15) is 5.75 Å². The van der Waals surface area contributed by atoms with Crippen LogP contribution in [-0.4, -0.2) is 24.2 Å². The number of hydrogen-bond acceptors (Lipinski definition) is 3. The van der Waals surface area contributed by atoms with Gasteiger partial charge in [0.2, 0.25) is 0 Å². The third-order valence-corrected chi connectivity index (χ3v) is 3.52. The van der Waals surface area contributed by atoms with Crippen molar-refractivity contribution in [1.82, 2.24) is 5.32 Å². The van der Waals surface area contributed by atoms with Crippen LogP contribution in [0.3, 0.4) is 0 Å². The summed E-state index contributed by atoms with van der Waals surface area (Å²) in [6.45, 7) is 0.647. The zero-order chi connectivity index (χ0) is 15.8. The number of methoxy groups -OCH3 is 1. The monoisotopic (exact) mass is 299 g/mol. The first-order valence-electron chi connectivity index (χ1n) is 7.30. The van der Waals surface area contributed by atoms with E-state index in [2.05, 4.69) is 5.32 Å². The zero-order valence-electron chi connectivity index (χ0n) is 12.7. The molecule has 0 aliphatic heterocycles. The summed E-state index contributed by atoms with van der Waals surface area (Å²) in [5.41, 5.74) is 2.15. The minimum Gasteiger partial charge on any atom is -0.496 e. The molecule has 0 fully saturated rings. The van der Waals surface area contributed by atoms with Gasteiger partial charge in [-0.15, -0.1) is 0 Å². The number of aliphatic carboxylic acids is 1. The third kappa shape index (κ3) is 4.90. The molecule has 0 bridgehead atoms. The Morgan fingerprint density at radius 2 is 1.82 bits per heavy atom. The van der Waals surface area contributed by atoms with Crippen molar-refractivity contribution in [2.75, 3.05) is 7.11 Å². The first kappa shape index (κ1) is 16.0. The van der Waals surface area contributed by atoms with Gasteiger partial charge in [0.25, 0.3) is 0 Å². The van der Waals surface area contributed by atoms with Crippen molar-refractivity contribution in [3.63, 3.8) is 0 Å². The van der Waals surface area contributed by atoms with Gasteiger partial charge in [0.05, 0.1) is 13.5 Å². The SMILES string of the molecule is COc1ccccc1C[C@@H](CC(=O)O)NCc1ccccc1. The lowest BCUT2D eigenvalue weighted by atomic mass is 10.0. The quantitative estimate of drug-likeness (QED) is 0.787. The summed E-state index contributed by atoms with van der Waals surface area (Å²) in [6.07, 6.45) is 0.689. The van der Waals surface area contributed by atoms with Crippen LogP contribution < -0.4 is 10.1 Å². The van der Waals surface area contributed by atoms with Crippen molar-refractivity contribution in [2.24, 2.45) is 0 Å². The molecule has 22 heavy (non-hydrogen) atoms. The Hall–Kier alpha value is -2.33. The van der Waals surface area contributed by atoms with Gasteiger partial charge in [-0.1, -0.05) is 48.5 Å². The summed E-state index contributed by atoms with van der Waals surface area (Å²) in [6, 6.07) is 17.5. The number of carbonyl (C=O) groups is 1. The summed E-state index contributed by atoms with van der Waals surface area (Å²) < 4.78 is 5.34. The first-order chi connectivity index (χ1) is 10.7. The molecule has 0 aliphatic rings. The Kier molecular flexibility index (Phi) is 5.98. The van der Waals surface area contributed by atoms with Crippen LogP contribution >= 0.6 is 0 Å². The number of nitrogens with one attached hydrogen (secondary N) is 1. The van der Waals surface area contributed by atoms with E-state index in [9.17, 15) is 4.79 Å². The van der Waals surface area contributed by atoms with Crippen molar-refractivity contribution in [1.29, 1.82) is 0 Å². The summed E-state index contributed by atoms with van der Waals surface area (Å²) in [4.78, 5) is 11.1. The van der Waals surface area contributed by atoms with Gasteiger partial charge in [-0.2, -0.15) is 0 Å². The van der Waals surface area contributed by atoms with E-state index in [1.165, 1.54) is 0 Å². The average molecular weight is 299 g/mol. The molecule has 0 aromatic heterocycles. The second-order valence-corrected chi connectivity index (χ2v) is 5.18. The highest BCUT2D eigenvalue weighted by atomic mass is 16.5. The second kappa shape index (κ2) is 8.20.